The van der Waals surface area contributed by atoms with E-state index in [2.05, 4.69) is 31.3 Å². The number of aromatic nitrogens is 3. The number of nitrogens with zero attached hydrogens (tertiary/aromatic N) is 3. The van der Waals surface area contributed by atoms with Gasteiger partial charge in [0.05, 0.1) is 25.0 Å². The number of halogens is 1. The average Bonchev–Trinajstić information content (AvgIpc) is 2.94. The van der Waals surface area contributed by atoms with Crippen molar-refractivity contribution in [1.29, 1.82) is 0 Å². The molecule has 0 saturated heterocycles. The summed E-state index contributed by atoms with van der Waals surface area (Å²) < 4.78 is 7.94. The van der Waals surface area contributed by atoms with E-state index in [-0.39, 0.29) is 0 Å². The molecule has 0 aliphatic rings. The van der Waals surface area contributed by atoms with Gasteiger partial charge < -0.3 is 10.1 Å². The fourth-order valence-corrected chi connectivity index (χ4v) is 2.64. The largest absolute Gasteiger partial charge is 0.383 e. The van der Waals surface area contributed by atoms with Gasteiger partial charge in [0, 0.05) is 34.7 Å². The Kier molecular flexibility index (Phi) is 4.17. The van der Waals surface area contributed by atoms with Crippen molar-refractivity contribution in [2.75, 3.05) is 19.0 Å². The first-order chi connectivity index (χ1) is 10.3. The number of nitrogens with one attached hydrogen (secondary N) is 1. The van der Waals surface area contributed by atoms with Gasteiger partial charge in [0.15, 0.2) is 0 Å². The first-order valence-corrected chi connectivity index (χ1v) is 7.39. The Labute approximate surface area is 131 Å². The van der Waals surface area contributed by atoms with Crippen LogP contribution in [0, 0.1) is 0 Å². The topological polar surface area (TPSA) is 52.0 Å². The summed E-state index contributed by atoms with van der Waals surface area (Å²) in [7, 11) is 1.68. The lowest BCUT2D eigenvalue weighted by Gasteiger charge is -2.07. The van der Waals surface area contributed by atoms with Gasteiger partial charge in [0.25, 0.3) is 0 Å². The summed E-state index contributed by atoms with van der Waals surface area (Å²) in [5.41, 5.74) is 0.908. The molecule has 5 nitrogen and oxygen atoms in total. The summed E-state index contributed by atoms with van der Waals surface area (Å²) >= 11 is 3.56. The molecule has 0 aliphatic heterocycles. The molecular formula is C15H15BrN4O. The van der Waals surface area contributed by atoms with Crippen molar-refractivity contribution >= 4 is 38.2 Å². The van der Waals surface area contributed by atoms with Crippen LogP contribution in [0.3, 0.4) is 0 Å². The van der Waals surface area contributed by atoms with E-state index in [0.29, 0.717) is 6.61 Å². The summed E-state index contributed by atoms with van der Waals surface area (Å²) in [4.78, 5) is 4.42. The van der Waals surface area contributed by atoms with Crippen molar-refractivity contribution in [3.8, 4) is 0 Å². The van der Waals surface area contributed by atoms with Crippen LogP contribution in [0.25, 0.3) is 10.8 Å². The van der Waals surface area contributed by atoms with Crippen molar-refractivity contribution < 1.29 is 4.74 Å². The second-order valence-electron chi connectivity index (χ2n) is 4.60. The molecule has 0 amide bonds. The van der Waals surface area contributed by atoms with Crippen molar-refractivity contribution in [3.63, 3.8) is 0 Å². The SMILES string of the molecule is COCCn1cc(Nc2nccc3c(Br)cccc23)cn1. The lowest BCUT2D eigenvalue weighted by atomic mass is 10.1. The van der Waals surface area contributed by atoms with Crippen LogP contribution >= 0.6 is 15.9 Å². The molecule has 1 N–H and O–H groups in total. The second-order valence-corrected chi connectivity index (χ2v) is 5.46. The average molecular weight is 347 g/mol. The van der Waals surface area contributed by atoms with Gasteiger partial charge in [-0.05, 0) is 12.1 Å². The molecule has 2 aromatic heterocycles. The number of ether oxygens (including phenoxy) is 1. The predicted octanol–water partition coefficient (Wildman–Crippen LogP) is 3.58. The molecule has 0 atom stereocenters. The normalized spacial score (nSPS) is 11.0. The number of hydrogen-bond acceptors (Lipinski definition) is 4. The van der Waals surface area contributed by atoms with E-state index in [4.69, 9.17) is 4.74 Å². The van der Waals surface area contributed by atoms with Crippen LogP contribution in [0.15, 0.2) is 47.3 Å². The van der Waals surface area contributed by atoms with Crippen LogP contribution in [0.5, 0.6) is 0 Å². The molecule has 108 valence electrons. The Bertz CT molecular complexity index is 756. The first-order valence-electron chi connectivity index (χ1n) is 6.59. The minimum Gasteiger partial charge on any atom is -0.383 e. The monoisotopic (exact) mass is 346 g/mol. The fraction of sp³-hybridized carbons (Fsp3) is 0.200. The molecule has 0 unspecified atom stereocenters. The molecule has 1 aromatic carbocycles. The van der Waals surface area contributed by atoms with Gasteiger partial charge in [-0.3, -0.25) is 4.68 Å². The van der Waals surface area contributed by atoms with Crippen molar-refractivity contribution in [2.45, 2.75) is 6.54 Å². The zero-order chi connectivity index (χ0) is 14.7. The summed E-state index contributed by atoms with van der Waals surface area (Å²) in [5, 5.41) is 9.79. The highest BCUT2D eigenvalue weighted by atomic mass is 79.9. The smallest absolute Gasteiger partial charge is 0.138 e. The Morgan fingerprint density at radius 3 is 3.05 bits per heavy atom. The molecular weight excluding hydrogens is 332 g/mol. The van der Waals surface area contributed by atoms with E-state index in [9.17, 15) is 0 Å². The zero-order valence-electron chi connectivity index (χ0n) is 11.6. The molecule has 6 heteroatoms. The zero-order valence-corrected chi connectivity index (χ0v) is 13.2. The van der Waals surface area contributed by atoms with Crippen LogP contribution < -0.4 is 5.32 Å². The lowest BCUT2D eigenvalue weighted by Crippen LogP contribution is -2.04. The number of benzene rings is 1. The maximum Gasteiger partial charge on any atom is 0.138 e. The maximum absolute atomic E-state index is 5.05. The van der Waals surface area contributed by atoms with Gasteiger partial charge in [-0.25, -0.2) is 4.98 Å². The Hall–Kier alpha value is -1.92. The van der Waals surface area contributed by atoms with E-state index in [1.807, 2.05) is 35.1 Å². The van der Waals surface area contributed by atoms with E-state index in [1.165, 1.54) is 0 Å². The van der Waals surface area contributed by atoms with Crippen molar-refractivity contribution in [3.05, 3.63) is 47.3 Å². The van der Waals surface area contributed by atoms with Gasteiger partial charge in [0.2, 0.25) is 0 Å². The van der Waals surface area contributed by atoms with E-state index < -0.39 is 0 Å². The molecule has 0 aliphatic carbocycles. The van der Waals surface area contributed by atoms with Gasteiger partial charge >= 0.3 is 0 Å². The maximum atomic E-state index is 5.05. The van der Waals surface area contributed by atoms with Crippen molar-refractivity contribution in [1.82, 2.24) is 14.8 Å². The van der Waals surface area contributed by atoms with E-state index in [1.54, 1.807) is 19.5 Å². The number of anilines is 2. The van der Waals surface area contributed by atoms with Crippen LogP contribution in [0.2, 0.25) is 0 Å². The third-order valence-electron chi connectivity index (χ3n) is 3.17. The van der Waals surface area contributed by atoms with Crippen LogP contribution in [0.4, 0.5) is 11.5 Å². The molecule has 3 rings (SSSR count). The number of fused-ring (bicyclic) bond motifs is 1. The number of hydrogen-bond donors (Lipinski definition) is 1. The summed E-state index contributed by atoms with van der Waals surface area (Å²) in [6.07, 6.45) is 5.52. The van der Waals surface area contributed by atoms with Gasteiger partial charge in [-0.2, -0.15) is 5.10 Å². The molecule has 3 aromatic rings. The van der Waals surface area contributed by atoms with Gasteiger partial charge in [0.1, 0.15) is 5.82 Å². The minimum absolute atomic E-state index is 0.639. The summed E-state index contributed by atoms with van der Waals surface area (Å²) in [6.45, 7) is 1.37. The highest BCUT2D eigenvalue weighted by Crippen LogP contribution is 2.29. The van der Waals surface area contributed by atoms with Crippen LogP contribution in [-0.2, 0) is 11.3 Å². The first kappa shape index (κ1) is 14.0. The third-order valence-corrected chi connectivity index (χ3v) is 3.86. The number of methoxy groups -OCH3 is 1. The minimum atomic E-state index is 0.639. The molecule has 0 spiro atoms. The molecule has 0 saturated carbocycles. The third kappa shape index (κ3) is 3.06. The summed E-state index contributed by atoms with van der Waals surface area (Å²) in [6, 6.07) is 8.06. The highest BCUT2D eigenvalue weighted by molar-refractivity contribution is 9.10. The Morgan fingerprint density at radius 2 is 2.19 bits per heavy atom. The molecule has 21 heavy (non-hydrogen) atoms. The molecule has 0 radical (unpaired) electrons. The Balaban J connectivity index is 1.88. The predicted molar refractivity (Wildman–Crippen MR) is 86.8 cm³/mol. The quantitative estimate of drug-likeness (QED) is 0.767. The van der Waals surface area contributed by atoms with Crippen molar-refractivity contribution in [2.24, 2.45) is 0 Å². The molecule has 0 bridgehead atoms. The summed E-state index contributed by atoms with van der Waals surface area (Å²) in [5.74, 6) is 0.820. The Morgan fingerprint density at radius 1 is 1.29 bits per heavy atom. The second kappa shape index (κ2) is 6.24. The number of pyridine rings is 1. The van der Waals surface area contributed by atoms with Crippen LogP contribution in [-0.4, -0.2) is 28.5 Å². The van der Waals surface area contributed by atoms with Gasteiger partial charge in [-0.1, -0.05) is 28.1 Å². The number of rotatable bonds is 5. The van der Waals surface area contributed by atoms with E-state index >= 15 is 0 Å². The molecule has 2 heterocycles. The van der Waals surface area contributed by atoms with Gasteiger partial charge in [-0.15, -0.1) is 0 Å². The van der Waals surface area contributed by atoms with E-state index in [0.717, 1.165) is 33.3 Å². The molecule has 0 fully saturated rings. The van der Waals surface area contributed by atoms with Crippen LogP contribution in [0.1, 0.15) is 0 Å². The highest BCUT2D eigenvalue weighted by Gasteiger charge is 2.06. The standard InChI is InChI=1S/C15H15BrN4O/c1-21-8-7-20-10-11(9-18-20)19-15-13-3-2-4-14(16)12(13)5-6-17-15/h2-6,9-10H,7-8H2,1H3,(H,17,19). The fourth-order valence-electron chi connectivity index (χ4n) is 2.14. The lowest BCUT2D eigenvalue weighted by molar-refractivity contribution is 0.183.